The highest BCUT2D eigenvalue weighted by Crippen LogP contribution is 2.35. The maximum absolute atomic E-state index is 12.6. The Kier molecular flexibility index (Phi) is 7.45. The number of hydrogen-bond donors (Lipinski definition) is 1. The van der Waals surface area contributed by atoms with E-state index in [4.69, 9.17) is 37.4 Å². The molecule has 0 spiro atoms. The highest BCUT2D eigenvalue weighted by Gasteiger charge is 2.26. The zero-order valence-corrected chi connectivity index (χ0v) is 19.8. The van der Waals surface area contributed by atoms with E-state index in [1.807, 2.05) is 30.3 Å². The van der Waals surface area contributed by atoms with Crippen molar-refractivity contribution in [3.8, 4) is 17.2 Å². The molecule has 0 aliphatic carbocycles. The van der Waals surface area contributed by atoms with E-state index in [0.717, 1.165) is 5.75 Å². The van der Waals surface area contributed by atoms with Gasteiger partial charge in [0.2, 0.25) is 0 Å². The number of hydrogen-bond acceptors (Lipinski definition) is 5. The van der Waals surface area contributed by atoms with E-state index in [9.17, 15) is 9.59 Å². The molecule has 0 bridgehead atoms. The number of carbonyl (C=O) groups excluding carboxylic acids is 2. The zero-order chi connectivity index (χ0) is 24.1. The van der Waals surface area contributed by atoms with Crippen LogP contribution in [-0.2, 0) is 9.59 Å². The van der Waals surface area contributed by atoms with Crippen molar-refractivity contribution in [2.24, 2.45) is 0 Å². The number of carbonyl (C=O) groups is 2. The summed E-state index contributed by atoms with van der Waals surface area (Å²) < 4.78 is 17.0. The second-order valence-electron chi connectivity index (χ2n) is 7.50. The second kappa shape index (κ2) is 10.7. The normalized spacial score (nSPS) is 13.5. The topological polar surface area (TPSA) is 77.1 Å². The minimum atomic E-state index is -0.816. The number of nitrogens with one attached hydrogen (secondary N) is 1. The van der Waals surface area contributed by atoms with Gasteiger partial charge in [-0.1, -0.05) is 41.4 Å². The van der Waals surface area contributed by atoms with Gasteiger partial charge in [-0.25, -0.2) is 0 Å². The van der Waals surface area contributed by atoms with Crippen LogP contribution in [0.15, 0.2) is 66.7 Å². The van der Waals surface area contributed by atoms with Crippen molar-refractivity contribution in [2.75, 3.05) is 30.0 Å². The molecule has 1 aliphatic heterocycles. The van der Waals surface area contributed by atoms with Crippen molar-refractivity contribution in [1.82, 2.24) is 0 Å². The van der Waals surface area contributed by atoms with E-state index in [1.165, 1.54) is 0 Å². The van der Waals surface area contributed by atoms with Gasteiger partial charge in [-0.3, -0.25) is 9.59 Å². The van der Waals surface area contributed by atoms with Crippen molar-refractivity contribution in [3.05, 3.63) is 76.8 Å². The number of ether oxygens (including phenoxy) is 3. The molecular formula is C25H22Cl2N2O5. The highest BCUT2D eigenvalue weighted by atomic mass is 35.5. The fourth-order valence-corrected chi connectivity index (χ4v) is 3.81. The van der Waals surface area contributed by atoms with Crippen molar-refractivity contribution in [3.63, 3.8) is 0 Å². The molecule has 1 atom stereocenters. The lowest BCUT2D eigenvalue weighted by atomic mass is 10.2. The number of halogens is 2. The van der Waals surface area contributed by atoms with Crippen LogP contribution < -0.4 is 24.4 Å². The first-order valence-corrected chi connectivity index (χ1v) is 11.3. The lowest BCUT2D eigenvalue weighted by Crippen LogP contribution is -2.41. The van der Waals surface area contributed by atoms with Crippen LogP contribution in [0.1, 0.15) is 6.92 Å². The molecule has 0 saturated carbocycles. The summed E-state index contributed by atoms with van der Waals surface area (Å²) >= 11 is 12.0. The van der Waals surface area contributed by atoms with E-state index >= 15 is 0 Å². The number of rotatable bonds is 8. The molecule has 1 unspecified atom stereocenters. The summed E-state index contributed by atoms with van der Waals surface area (Å²) in [5, 5.41) is 3.58. The smallest absolute Gasteiger partial charge is 0.265 e. The molecule has 3 aromatic rings. The molecule has 1 N–H and O–H groups in total. The molecule has 34 heavy (non-hydrogen) atoms. The van der Waals surface area contributed by atoms with Gasteiger partial charge in [0.1, 0.15) is 23.9 Å². The summed E-state index contributed by atoms with van der Waals surface area (Å²) in [7, 11) is 0. The number of fused-ring (bicyclic) bond motifs is 1. The molecule has 7 nitrogen and oxygen atoms in total. The van der Waals surface area contributed by atoms with Gasteiger partial charge in [-0.2, -0.15) is 0 Å². The van der Waals surface area contributed by atoms with Crippen LogP contribution in [0.2, 0.25) is 10.0 Å². The Bertz CT molecular complexity index is 1190. The standard InChI is InChI=1S/C25H22Cl2N2O5/c1-16(34-22-10-7-17(26)13-20(22)27)25(31)28-18-8-9-21-23(14-18)33-15-24(30)29(21)11-12-32-19-5-3-2-4-6-19/h2-10,13-14,16H,11-12,15H2,1H3,(H,28,31). The van der Waals surface area contributed by atoms with E-state index in [-0.39, 0.29) is 18.4 Å². The molecule has 1 heterocycles. The van der Waals surface area contributed by atoms with Crippen molar-refractivity contribution in [2.45, 2.75) is 13.0 Å². The molecule has 176 valence electrons. The van der Waals surface area contributed by atoms with Crippen molar-refractivity contribution in [1.29, 1.82) is 0 Å². The number of para-hydroxylation sites is 1. The molecule has 0 fully saturated rings. The monoisotopic (exact) mass is 500 g/mol. The Morgan fingerprint density at radius 3 is 2.68 bits per heavy atom. The van der Waals surface area contributed by atoms with Gasteiger partial charge in [-0.05, 0) is 49.4 Å². The predicted molar refractivity (Wildman–Crippen MR) is 131 cm³/mol. The van der Waals surface area contributed by atoms with Crippen LogP contribution >= 0.6 is 23.2 Å². The first kappa shape index (κ1) is 23.7. The van der Waals surface area contributed by atoms with Crippen LogP contribution in [0.4, 0.5) is 11.4 Å². The SMILES string of the molecule is CC(Oc1ccc(Cl)cc1Cl)C(=O)Nc1ccc2c(c1)OCC(=O)N2CCOc1ccccc1. The van der Waals surface area contributed by atoms with Crippen LogP contribution in [0.25, 0.3) is 0 Å². The van der Waals surface area contributed by atoms with Gasteiger partial charge in [-0.15, -0.1) is 0 Å². The van der Waals surface area contributed by atoms with Gasteiger partial charge in [0.05, 0.1) is 17.3 Å². The lowest BCUT2D eigenvalue weighted by molar-refractivity contribution is -0.122. The van der Waals surface area contributed by atoms with Crippen molar-refractivity contribution < 1.29 is 23.8 Å². The molecule has 1 aliphatic rings. The summed E-state index contributed by atoms with van der Waals surface area (Å²) in [5.74, 6) is 1.05. The Morgan fingerprint density at radius 2 is 1.91 bits per heavy atom. The summed E-state index contributed by atoms with van der Waals surface area (Å²) in [6.45, 7) is 2.21. The molecule has 4 rings (SSSR count). The number of anilines is 2. The largest absolute Gasteiger partial charge is 0.492 e. The maximum atomic E-state index is 12.6. The third-order valence-electron chi connectivity index (χ3n) is 5.06. The number of benzene rings is 3. The van der Waals surface area contributed by atoms with Crippen LogP contribution in [0.3, 0.4) is 0 Å². The summed E-state index contributed by atoms with van der Waals surface area (Å²) in [4.78, 5) is 26.7. The Hall–Kier alpha value is -3.42. The van der Waals surface area contributed by atoms with Crippen LogP contribution in [0.5, 0.6) is 17.2 Å². The maximum Gasteiger partial charge on any atom is 0.265 e. The van der Waals surface area contributed by atoms with Gasteiger partial charge >= 0.3 is 0 Å². The van der Waals surface area contributed by atoms with Gasteiger partial charge in [0.15, 0.2) is 12.7 Å². The van der Waals surface area contributed by atoms with Crippen LogP contribution in [0, 0.1) is 0 Å². The van der Waals surface area contributed by atoms with Crippen LogP contribution in [-0.4, -0.2) is 37.7 Å². The molecule has 3 aromatic carbocycles. The average Bonchev–Trinajstić information content (AvgIpc) is 2.83. The Balaban J connectivity index is 1.39. The minimum absolute atomic E-state index is 0.0929. The molecule has 0 aromatic heterocycles. The van der Waals surface area contributed by atoms with Crippen molar-refractivity contribution >= 4 is 46.4 Å². The zero-order valence-electron chi connectivity index (χ0n) is 18.3. The number of nitrogens with zero attached hydrogens (tertiary/aromatic N) is 1. The molecular weight excluding hydrogens is 479 g/mol. The predicted octanol–water partition coefficient (Wildman–Crippen LogP) is 5.20. The molecule has 0 radical (unpaired) electrons. The summed E-state index contributed by atoms with van der Waals surface area (Å²) in [5.41, 5.74) is 1.12. The van der Waals surface area contributed by atoms with E-state index in [0.29, 0.717) is 46.1 Å². The first-order valence-electron chi connectivity index (χ1n) is 10.6. The van der Waals surface area contributed by atoms with Gasteiger partial charge < -0.3 is 24.4 Å². The number of amides is 2. The minimum Gasteiger partial charge on any atom is -0.492 e. The molecule has 0 saturated heterocycles. The first-order chi connectivity index (χ1) is 16.4. The third kappa shape index (κ3) is 5.73. The second-order valence-corrected chi connectivity index (χ2v) is 8.35. The fraction of sp³-hybridized carbons (Fsp3) is 0.200. The van der Waals surface area contributed by atoms with Gasteiger partial charge in [0, 0.05) is 16.8 Å². The quantitative estimate of drug-likeness (QED) is 0.459. The highest BCUT2D eigenvalue weighted by molar-refractivity contribution is 6.35. The summed E-state index contributed by atoms with van der Waals surface area (Å²) in [6.07, 6.45) is -0.816. The average molecular weight is 501 g/mol. The fourth-order valence-electron chi connectivity index (χ4n) is 3.36. The third-order valence-corrected chi connectivity index (χ3v) is 5.59. The Labute approximate surface area is 207 Å². The van der Waals surface area contributed by atoms with E-state index in [2.05, 4.69) is 5.32 Å². The molecule has 9 heteroatoms. The summed E-state index contributed by atoms with van der Waals surface area (Å²) in [6, 6.07) is 19.3. The Morgan fingerprint density at radius 1 is 1.12 bits per heavy atom. The lowest BCUT2D eigenvalue weighted by Gasteiger charge is -2.29. The van der Waals surface area contributed by atoms with Gasteiger partial charge in [0.25, 0.3) is 11.8 Å². The van der Waals surface area contributed by atoms with E-state index < -0.39 is 6.10 Å². The van der Waals surface area contributed by atoms with E-state index in [1.54, 1.807) is 48.2 Å². The molecule has 2 amide bonds.